The van der Waals surface area contributed by atoms with Gasteiger partial charge in [0.1, 0.15) is 47.5 Å². The second-order valence-corrected chi connectivity index (χ2v) is 29.5. The molecule has 0 unspecified atom stereocenters. The predicted octanol–water partition coefficient (Wildman–Crippen LogP) is 7.88. The topological polar surface area (TPSA) is 315 Å². The molecule has 29 heteroatoms. The number of carbonyl (C=O) groups is 8. The van der Waals surface area contributed by atoms with Crippen molar-refractivity contribution in [3.05, 3.63) is 94.9 Å². The van der Waals surface area contributed by atoms with Crippen molar-refractivity contribution >= 4 is 108 Å². The molecule has 4 saturated carbocycles. The molecule has 4 N–H and O–H groups in total. The van der Waals surface area contributed by atoms with Gasteiger partial charge in [-0.05, 0) is 151 Å². The van der Waals surface area contributed by atoms with E-state index in [0.29, 0.717) is 34.6 Å². The number of esters is 2. The number of unbranched alkanes of at least 4 members (excludes halogenated alkanes) is 3. The summed E-state index contributed by atoms with van der Waals surface area (Å²) in [4.78, 5) is 110. The normalized spacial score (nSPS) is 27.1. The highest BCUT2D eigenvalue weighted by atomic mass is 79.9. The van der Waals surface area contributed by atoms with Gasteiger partial charge in [0.15, 0.2) is 0 Å². The number of alkyl carbamates (subject to hydrolysis) is 2. The van der Waals surface area contributed by atoms with Crippen LogP contribution in [0.4, 0.5) is 9.59 Å². The Balaban J connectivity index is 0.000000261. The Kier molecular flexibility index (Phi) is 26.8. The van der Waals surface area contributed by atoms with E-state index in [1.54, 1.807) is 30.3 Å². The van der Waals surface area contributed by atoms with Crippen LogP contribution in [0.25, 0.3) is 0 Å². The van der Waals surface area contributed by atoms with Gasteiger partial charge in [-0.2, -0.15) is 16.8 Å². The minimum Gasteiger partial charge on any atom is -0.467 e. The second kappa shape index (κ2) is 33.5. The smallest absolute Gasteiger partial charge is 0.408 e. The maximum atomic E-state index is 14.2. The summed E-state index contributed by atoms with van der Waals surface area (Å²) in [6.45, 7) is 7.02. The van der Waals surface area contributed by atoms with Crippen molar-refractivity contribution in [3.63, 3.8) is 0 Å². The molecule has 3 heterocycles. The largest absolute Gasteiger partial charge is 0.467 e. The van der Waals surface area contributed by atoms with E-state index in [1.807, 2.05) is 18.2 Å². The van der Waals surface area contributed by atoms with E-state index >= 15 is 0 Å². The third-order valence-electron chi connectivity index (χ3n) is 18.0. The molecule has 2 aromatic carbocycles. The van der Waals surface area contributed by atoms with E-state index < -0.39 is 115 Å². The van der Waals surface area contributed by atoms with Crippen molar-refractivity contribution in [1.82, 2.24) is 31.1 Å². The molecule has 0 bridgehead atoms. The van der Waals surface area contributed by atoms with Gasteiger partial charge in [0, 0.05) is 55.1 Å². The average Bonchev–Trinajstić information content (AvgIpc) is 1.60. The zero-order chi connectivity index (χ0) is 66.4. The lowest BCUT2D eigenvalue weighted by molar-refractivity contribution is -0.148. The summed E-state index contributed by atoms with van der Waals surface area (Å²) in [7, 11) is -6.03. The molecule has 24 nitrogen and oxygen atoms in total. The van der Waals surface area contributed by atoms with Gasteiger partial charge in [-0.3, -0.25) is 27.5 Å². The zero-order valence-electron chi connectivity index (χ0n) is 52.5. The van der Waals surface area contributed by atoms with Crippen LogP contribution < -0.4 is 21.3 Å². The summed E-state index contributed by atoms with van der Waals surface area (Å²) in [5.41, 5.74) is -2.61. The van der Waals surface area contributed by atoms with Gasteiger partial charge < -0.3 is 50.0 Å². The number of allylic oxidation sites excluding steroid dienone is 2. The van der Waals surface area contributed by atoms with Crippen molar-refractivity contribution in [2.24, 2.45) is 11.8 Å². The van der Waals surface area contributed by atoms with Crippen LogP contribution >= 0.6 is 31.9 Å². The van der Waals surface area contributed by atoms with Crippen LogP contribution in [0.2, 0.25) is 0 Å². The molecule has 3 aliphatic heterocycles. The van der Waals surface area contributed by atoms with Crippen LogP contribution in [0.3, 0.4) is 0 Å². The van der Waals surface area contributed by atoms with Crippen molar-refractivity contribution in [1.29, 1.82) is 0 Å². The molecule has 3 radical (unpaired) electrons. The lowest BCUT2D eigenvalue weighted by Gasteiger charge is -2.29. The number of halogens is 2. The Morgan fingerprint density at radius 2 is 1.28 bits per heavy atom. The van der Waals surface area contributed by atoms with Gasteiger partial charge in [-0.15, -0.1) is 13.2 Å². The fourth-order valence-corrected chi connectivity index (χ4v) is 15.4. The first-order valence-electron chi connectivity index (χ1n) is 31.6. The van der Waals surface area contributed by atoms with Gasteiger partial charge in [0.25, 0.3) is 20.2 Å². The van der Waals surface area contributed by atoms with Crippen molar-refractivity contribution in [2.45, 2.75) is 211 Å². The molecule has 2 saturated heterocycles. The van der Waals surface area contributed by atoms with Crippen LogP contribution in [0.1, 0.15) is 141 Å². The summed E-state index contributed by atoms with van der Waals surface area (Å²) in [5.74, 6) is -4.29. The summed E-state index contributed by atoms with van der Waals surface area (Å²) >= 11 is 6.56. The molecule has 10 atom stereocenters. The number of nitrogens with zero attached hydrogens (tertiary/aromatic N) is 2. The van der Waals surface area contributed by atoms with Crippen LogP contribution in [-0.4, -0.2) is 170 Å². The number of hydrogen-bond donors (Lipinski definition) is 4. The number of ether oxygens (including phenoxy) is 4. The number of benzene rings is 2. The van der Waals surface area contributed by atoms with Crippen LogP contribution in [0.5, 0.6) is 0 Å². The maximum absolute atomic E-state index is 14.2. The molecule has 6 fully saturated rings. The number of methoxy groups -OCH3 is 2. The number of carbonyl (C=O) groups excluding carboxylic acids is 8. The van der Waals surface area contributed by atoms with Gasteiger partial charge in [-0.1, -0.05) is 81.8 Å². The van der Waals surface area contributed by atoms with E-state index in [-0.39, 0.29) is 81.0 Å². The van der Waals surface area contributed by atoms with E-state index in [9.17, 15) is 55.2 Å². The molecule has 7 aliphatic rings. The number of rotatable bonds is 22. The first kappa shape index (κ1) is 74.3. The van der Waals surface area contributed by atoms with Gasteiger partial charge in [-0.25, -0.2) is 19.2 Å². The van der Waals surface area contributed by atoms with Crippen molar-refractivity contribution in [2.75, 3.05) is 27.3 Å². The molecule has 0 spiro atoms. The first-order valence-corrected chi connectivity index (χ1v) is 36.0. The number of likely N-dealkylation sites (tertiary alicyclic amines) is 1. The SMILES string of the molecule is C=CCCCCC[C@H](NC(=O)OC1CCCC1)C(=O)N1C[C@H](OS(=O)(=O)c2ccc(Br)cc2)C[C@H]1C(=O)N[C@]1(C(=O)OC)C[C@H]1C=C.COC(=O)[C@@]12C[C@H]1/C=C\CCCCC[C@H](NC(=O)OC1CCCC1)C(=O)N1C[C@H](OS(=O)(=O)c3ccc(Br)cc3)C[C@H]1C(=O)N2.[B]. The monoisotopic (exact) mass is 1460 g/mol. The van der Waals surface area contributed by atoms with Crippen molar-refractivity contribution in [3.8, 4) is 0 Å². The molecule has 2 aromatic rings. The second-order valence-electron chi connectivity index (χ2n) is 24.5. The highest BCUT2D eigenvalue weighted by Crippen LogP contribution is 2.47. The van der Waals surface area contributed by atoms with E-state index in [0.717, 1.165) is 89.9 Å². The quantitative estimate of drug-likeness (QED) is 0.0217. The average molecular weight is 1460 g/mol. The highest BCUT2D eigenvalue weighted by molar-refractivity contribution is 9.10. The molecule has 0 aromatic heterocycles. The standard InChI is InChI=1S/C33H44BrN3O9S.C31H40BrN3O9S.B/c1-4-6-7-8-9-14-27(35-32(41)45-24-12-10-11-13-24)30(39)37-21-25(46-47(42,43)26-17-15-23(34)16-18-26)19-28(37)29(38)36-33(31(40)44-3)20-22(33)5-2;1-42-29(38)31-18-20(31)9-5-3-2-4-6-12-25(33-30(39)43-22-10-7-8-11-22)28(37)35-19-23(17-26(35)27(36)34-31)44-45(40,41)24-15-13-21(32)14-16-24;/h4-5,15-18,22,24-25,27-28H,1-2,6-14,19-21H2,3H3,(H,35,41)(H,36,38);5,9,13-16,20,22-23,25-26H,2-4,6-8,10-12,17-19H2,1H3,(H,33,39)(H,34,36);/b;9-5-;/t22-,25-,27+,28+,33-;20-,23-,25+,26+,31-;/m11./s1. The van der Waals surface area contributed by atoms with Gasteiger partial charge in [0.05, 0.1) is 36.2 Å². The van der Waals surface area contributed by atoms with Crippen LogP contribution in [-0.2, 0) is 76.3 Å². The summed E-state index contributed by atoms with van der Waals surface area (Å²) in [6.07, 6.45) is 17.1. The summed E-state index contributed by atoms with van der Waals surface area (Å²) in [6, 6.07) is 7.41. The lowest BCUT2D eigenvalue weighted by atomic mass is 10.0. The Bertz CT molecular complexity index is 3280. The number of amides is 6. The minimum atomic E-state index is -4.26. The maximum Gasteiger partial charge on any atom is 0.408 e. The zero-order valence-corrected chi connectivity index (χ0v) is 57.3. The Hall–Kier alpha value is -6.14. The molecular weight excluding hydrogens is 1380 g/mol. The molecule has 9 rings (SSSR count). The molecular formula is C64H84BBr2N6O18S2. The van der Waals surface area contributed by atoms with Crippen LogP contribution in [0, 0.1) is 11.8 Å². The molecule has 93 heavy (non-hydrogen) atoms. The van der Waals surface area contributed by atoms with E-state index in [4.69, 9.17) is 27.3 Å². The van der Waals surface area contributed by atoms with Gasteiger partial charge >= 0.3 is 24.1 Å². The Morgan fingerprint density at radius 3 is 1.84 bits per heavy atom. The first-order chi connectivity index (χ1) is 44.0. The Morgan fingerprint density at radius 1 is 0.710 bits per heavy atom. The van der Waals surface area contributed by atoms with E-state index in [1.165, 1.54) is 48.3 Å². The summed E-state index contributed by atoms with van der Waals surface area (Å²) < 4.78 is 86.3. The summed E-state index contributed by atoms with van der Waals surface area (Å²) in [5, 5.41) is 11.0. The molecule has 4 aliphatic carbocycles. The molecule has 6 amide bonds. The number of nitrogens with one attached hydrogen (secondary N) is 4. The predicted molar refractivity (Wildman–Crippen MR) is 347 cm³/mol. The molecule has 507 valence electrons. The third kappa shape index (κ3) is 19.3. The highest BCUT2D eigenvalue weighted by Gasteiger charge is 2.63. The Labute approximate surface area is 563 Å². The fraction of sp³-hybridized carbons (Fsp3) is 0.594. The third-order valence-corrected chi connectivity index (χ3v) is 21.8. The van der Waals surface area contributed by atoms with E-state index in [2.05, 4.69) is 66.3 Å². The number of hydrogen-bond acceptors (Lipinski definition) is 18. The minimum absolute atomic E-state index is 0. The van der Waals surface area contributed by atoms with Crippen molar-refractivity contribution < 1.29 is 82.5 Å². The van der Waals surface area contributed by atoms with Gasteiger partial charge in [0.2, 0.25) is 23.6 Å². The van der Waals surface area contributed by atoms with Crippen LogP contribution in [0.15, 0.2) is 105 Å². The fourth-order valence-electron chi connectivity index (χ4n) is 12.8. The number of fused-ring (bicyclic) bond motifs is 2. The lowest BCUT2D eigenvalue weighted by Crippen LogP contribution is -2.56.